The summed E-state index contributed by atoms with van der Waals surface area (Å²) in [6.45, 7) is 12.5. The van der Waals surface area contributed by atoms with Crippen LogP contribution in [-0.2, 0) is 15.7 Å². The summed E-state index contributed by atoms with van der Waals surface area (Å²) < 4.78 is 39.3. The minimum Gasteiger partial charge on any atom is -0.396 e. The Morgan fingerprint density at radius 1 is 1.11 bits per heavy atom. The number of hydrogen-bond donors (Lipinski definition) is 2. The first-order valence-corrected chi connectivity index (χ1v) is 18.1. The number of fused-ring (bicyclic) bond motifs is 1. The van der Waals surface area contributed by atoms with Crippen molar-refractivity contribution in [1.29, 1.82) is 0 Å². The summed E-state index contributed by atoms with van der Waals surface area (Å²) in [5, 5.41) is 18.3. The molecule has 2 N–H and O–H groups in total. The fourth-order valence-corrected chi connectivity index (χ4v) is 8.44. The minimum atomic E-state index is -2.56. The van der Waals surface area contributed by atoms with E-state index in [1.165, 1.54) is 0 Å². The highest BCUT2D eigenvalue weighted by Crippen LogP contribution is 2.45. The van der Waals surface area contributed by atoms with Crippen molar-refractivity contribution in [3.8, 4) is 17.2 Å². The lowest BCUT2D eigenvalue weighted by Crippen LogP contribution is -2.37. The first-order chi connectivity index (χ1) is 22.0. The maximum absolute atomic E-state index is 14.7. The van der Waals surface area contributed by atoms with E-state index in [2.05, 4.69) is 17.1 Å². The Balaban J connectivity index is 1.65. The molecule has 46 heavy (non-hydrogen) atoms. The molecule has 0 fully saturated rings. The van der Waals surface area contributed by atoms with Gasteiger partial charge in [0.2, 0.25) is 0 Å². The molecule has 1 aliphatic heterocycles. The number of ether oxygens (including phenoxy) is 1. The lowest BCUT2D eigenvalue weighted by Gasteiger charge is -2.33. The molecule has 248 valence electrons. The number of halogens is 1. The van der Waals surface area contributed by atoms with E-state index in [1.54, 1.807) is 59.2 Å². The lowest BCUT2D eigenvalue weighted by atomic mass is 10.00. The van der Waals surface area contributed by atoms with Gasteiger partial charge in [-0.1, -0.05) is 13.8 Å². The van der Waals surface area contributed by atoms with Gasteiger partial charge in [-0.05, 0) is 75.6 Å². The summed E-state index contributed by atoms with van der Waals surface area (Å²) in [5.41, 5.74) is 4.53. The number of anilines is 1. The van der Waals surface area contributed by atoms with Crippen LogP contribution in [0.2, 0.25) is 0 Å². The van der Waals surface area contributed by atoms with Crippen LogP contribution in [0.3, 0.4) is 0 Å². The first kappa shape index (κ1) is 33.9. The number of aryl methyl sites for hydroxylation is 2. The van der Waals surface area contributed by atoms with Gasteiger partial charge in [0.1, 0.15) is 18.8 Å². The fourth-order valence-electron chi connectivity index (χ4n) is 6.35. The van der Waals surface area contributed by atoms with Gasteiger partial charge in [0.05, 0.1) is 29.9 Å². The highest BCUT2D eigenvalue weighted by Gasteiger charge is 2.33. The second-order valence-corrected chi connectivity index (χ2v) is 15.7. The van der Waals surface area contributed by atoms with E-state index in [-0.39, 0.29) is 30.3 Å². The van der Waals surface area contributed by atoms with Crippen LogP contribution in [-0.4, -0.2) is 74.3 Å². The van der Waals surface area contributed by atoms with Crippen LogP contribution in [0.1, 0.15) is 62.5 Å². The molecular formula is C34H46FN6O4P. The van der Waals surface area contributed by atoms with E-state index in [9.17, 15) is 18.9 Å². The molecular weight excluding hydrogens is 606 g/mol. The van der Waals surface area contributed by atoms with Gasteiger partial charge in [-0.3, -0.25) is 14.0 Å². The average molecular weight is 653 g/mol. The molecule has 0 bridgehead atoms. The molecule has 0 saturated heterocycles. The maximum Gasteiger partial charge on any atom is 0.338 e. The van der Waals surface area contributed by atoms with E-state index in [0.29, 0.717) is 66.8 Å². The summed E-state index contributed by atoms with van der Waals surface area (Å²) >= 11 is 0. The molecule has 2 aromatic carbocycles. The topological polar surface area (TPSA) is 107 Å². The number of aliphatic hydroxyl groups is 1. The molecule has 12 heteroatoms. The second-order valence-electron chi connectivity index (χ2n) is 12.1. The zero-order chi connectivity index (χ0) is 33.3. The summed E-state index contributed by atoms with van der Waals surface area (Å²) in [4.78, 5) is 16.5. The molecule has 0 saturated carbocycles. The van der Waals surface area contributed by atoms with Gasteiger partial charge in [-0.25, -0.2) is 13.9 Å². The smallest absolute Gasteiger partial charge is 0.338 e. The van der Waals surface area contributed by atoms with Crippen LogP contribution in [0.25, 0.3) is 17.2 Å². The van der Waals surface area contributed by atoms with E-state index in [4.69, 9.17) is 9.84 Å². The third kappa shape index (κ3) is 6.13. The molecule has 0 aliphatic carbocycles. The van der Waals surface area contributed by atoms with Crippen molar-refractivity contribution in [3.63, 3.8) is 0 Å². The van der Waals surface area contributed by atoms with E-state index in [0.717, 1.165) is 22.2 Å². The predicted molar refractivity (Wildman–Crippen MR) is 182 cm³/mol. The van der Waals surface area contributed by atoms with Crippen molar-refractivity contribution in [3.05, 3.63) is 81.4 Å². The predicted octanol–water partition coefficient (Wildman–Crippen LogP) is 5.30. The van der Waals surface area contributed by atoms with Crippen LogP contribution >= 0.6 is 7.14 Å². The van der Waals surface area contributed by atoms with Crippen LogP contribution in [0.4, 0.5) is 10.1 Å². The molecule has 2 aromatic heterocycles. The van der Waals surface area contributed by atoms with Gasteiger partial charge in [0, 0.05) is 73.9 Å². The number of hydrogen-bond acceptors (Lipinski definition) is 7. The summed E-state index contributed by atoms with van der Waals surface area (Å²) in [6.07, 6.45) is 5.69. The van der Waals surface area contributed by atoms with Gasteiger partial charge < -0.3 is 19.7 Å². The number of aromatic nitrogens is 4. The zero-order valence-electron chi connectivity index (χ0n) is 27.9. The normalized spacial score (nSPS) is 16.1. The maximum atomic E-state index is 14.7. The van der Waals surface area contributed by atoms with Crippen molar-refractivity contribution < 1.29 is 18.8 Å². The van der Waals surface area contributed by atoms with E-state index < -0.39 is 7.14 Å². The SMILES string of the molecule is CCP(=O)(CC)c1ccc(-n2ccn(-c3c4c(nn3-c3cc(C)c(F)c(C)c3)CCN(COC(C)CCO)[C@H]4C)c2=O)cc1NC. The van der Waals surface area contributed by atoms with Crippen molar-refractivity contribution in [2.24, 2.45) is 0 Å². The summed E-state index contributed by atoms with van der Waals surface area (Å²) in [7, 11) is -0.764. The highest BCUT2D eigenvalue weighted by atomic mass is 31.2. The van der Waals surface area contributed by atoms with Crippen molar-refractivity contribution in [1.82, 2.24) is 23.8 Å². The molecule has 3 heterocycles. The molecule has 2 atom stereocenters. The molecule has 0 spiro atoms. The summed E-state index contributed by atoms with van der Waals surface area (Å²) in [6, 6.07) is 8.95. The number of nitrogens with one attached hydrogen (secondary N) is 1. The zero-order valence-corrected chi connectivity index (χ0v) is 28.8. The molecule has 0 radical (unpaired) electrons. The Kier molecular flexibility index (Phi) is 10.1. The quantitative estimate of drug-likeness (QED) is 0.200. The Hall–Kier alpha value is -3.50. The van der Waals surface area contributed by atoms with Crippen LogP contribution < -0.4 is 16.3 Å². The third-order valence-electron chi connectivity index (χ3n) is 9.29. The van der Waals surface area contributed by atoms with Gasteiger partial charge in [0.25, 0.3) is 0 Å². The molecule has 10 nitrogen and oxygen atoms in total. The standard InChI is InChI=1S/C34H46FN6O4P/c1-8-46(44,9-2)30-11-10-26(20-29(30)36-7)39-15-16-40(34(39)43)33-31-25(6)38(21-45-24(5)13-17-42)14-12-28(31)37-41(33)27-18-22(3)32(35)23(4)19-27/h10-11,15-16,18-20,24-25,36,42H,8-9,12-14,17,21H2,1-7H3/t24?,25-/m0/s1. The Bertz CT molecular complexity index is 1800. The van der Waals surface area contributed by atoms with Crippen molar-refractivity contribution in [2.45, 2.75) is 66.5 Å². The third-order valence-corrected chi connectivity index (χ3v) is 12.6. The monoisotopic (exact) mass is 652 g/mol. The van der Waals surface area contributed by atoms with Gasteiger partial charge in [-0.2, -0.15) is 5.10 Å². The average Bonchev–Trinajstić information content (AvgIpc) is 3.63. The van der Waals surface area contributed by atoms with Gasteiger partial charge in [0.15, 0.2) is 0 Å². The molecule has 5 rings (SSSR count). The number of benzene rings is 2. The van der Waals surface area contributed by atoms with Crippen LogP contribution in [0.15, 0.2) is 47.5 Å². The summed E-state index contributed by atoms with van der Waals surface area (Å²) in [5.74, 6) is 0.329. The van der Waals surface area contributed by atoms with Gasteiger partial charge in [-0.15, -0.1) is 0 Å². The van der Waals surface area contributed by atoms with E-state index >= 15 is 0 Å². The Morgan fingerprint density at radius 2 is 1.78 bits per heavy atom. The number of aliphatic hydroxyl groups excluding tert-OH is 1. The van der Waals surface area contributed by atoms with E-state index in [1.807, 2.05) is 39.0 Å². The minimum absolute atomic E-state index is 0.0588. The molecule has 0 amide bonds. The highest BCUT2D eigenvalue weighted by molar-refractivity contribution is 7.71. The second kappa shape index (κ2) is 13.7. The number of imidazole rings is 1. The van der Waals surface area contributed by atoms with Crippen LogP contribution in [0.5, 0.6) is 0 Å². The van der Waals surface area contributed by atoms with Gasteiger partial charge >= 0.3 is 5.69 Å². The Labute approximate surface area is 270 Å². The van der Waals surface area contributed by atoms with Crippen molar-refractivity contribution in [2.75, 3.05) is 44.6 Å². The van der Waals surface area contributed by atoms with Crippen LogP contribution in [0, 0.1) is 19.7 Å². The molecule has 4 aromatic rings. The number of nitrogens with zero attached hydrogens (tertiary/aromatic N) is 5. The van der Waals surface area contributed by atoms with Crippen molar-refractivity contribution >= 4 is 18.1 Å². The molecule has 1 aliphatic rings. The molecule has 1 unspecified atom stereocenters. The lowest BCUT2D eigenvalue weighted by molar-refractivity contribution is -0.0399. The fraction of sp³-hybridized carbons (Fsp3) is 0.471. The first-order valence-electron chi connectivity index (χ1n) is 16.0. The number of rotatable bonds is 12. The Morgan fingerprint density at radius 3 is 2.41 bits per heavy atom. The largest absolute Gasteiger partial charge is 0.396 e.